The Kier molecular flexibility index (Phi) is 5.29. The topological polar surface area (TPSA) is 78.2 Å². The summed E-state index contributed by atoms with van der Waals surface area (Å²) in [5.74, 6) is 2.42. The summed E-state index contributed by atoms with van der Waals surface area (Å²) < 4.78 is 5.31. The largest absolute Gasteiger partial charge is 0.467 e. The van der Waals surface area contributed by atoms with E-state index in [4.69, 9.17) is 4.42 Å². The number of furan rings is 1. The van der Waals surface area contributed by atoms with Crippen molar-refractivity contribution < 1.29 is 4.42 Å². The van der Waals surface area contributed by atoms with Crippen LogP contribution in [0.1, 0.15) is 18.5 Å². The molecular weight excluding hydrogens is 302 g/mol. The summed E-state index contributed by atoms with van der Waals surface area (Å²) >= 11 is 0. The van der Waals surface area contributed by atoms with Crippen LogP contribution in [-0.4, -0.2) is 22.5 Å². The Labute approximate surface area is 141 Å². The second-order valence-electron chi connectivity index (χ2n) is 5.24. The Morgan fingerprint density at radius 3 is 2.79 bits per heavy atom. The van der Waals surface area contributed by atoms with E-state index in [1.807, 2.05) is 43.5 Å². The van der Waals surface area contributed by atoms with E-state index < -0.39 is 0 Å². The van der Waals surface area contributed by atoms with Gasteiger partial charge in [-0.25, -0.2) is 9.98 Å². The summed E-state index contributed by atoms with van der Waals surface area (Å²) in [5, 5.41) is 6.44. The summed E-state index contributed by atoms with van der Waals surface area (Å²) in [6.45, 7) is 3.88. The lowest BCUT2D eigenvalue weighted by molar-refractivity contribution is 0.501. The van der Waals surface area contributed by atoms with Gasteiger partial charge in [0, 0.05) is 6.54 Å². The number of aromatic amines is 1. The molecule has 0 atom stereocenters. The zero-order valence-corrected chi connectivity index (χ0v) is 13.6. The molecule has 6 heteroatoms. The van der Waals surface area contributed by atoms with Crippen molar-refractivity contribution in [1.82, 2.24) is 20.6 Å². The first-order chi connectivity index (χ1) is 11.8. The third kappa shape index (κ3) is 4.25. The highest BCUT2D eigenvalue weighted by Crippen LogP contribution is 2.16. The van der Waals surface area contributed by atoms with Crippen LogP contribution >= 0.6 is 0 Å². The Balaban J connectivity index is 1.62. The van der Waals surface area contributed by atoms with E-state index in [-0.39, 0.29) is 0 Å². The average Bonchev–Trinajstić information content (AvgIpc) is 3.30. The van der Waals surface area contributed by atoms with Crippen molar-refractivity contribution in [2.24, 2.45) is 4.99 Å². The Hall–Kier alpha value is -3.02. The minimum absolute atomic E-state index is 0.473. The van der Waals surface area contributed by atoms with Gasteiger partial charge < -0.3 is 20.0 Å². The van der Waals surface area contributed by atoms with E-state index >= 15 is 0 Å². The van der Waals surface area contributed by atoms with Crippen molar-refractivity contribution in [3.63, 3.8) is 0 Å². The molecule has 0 aliphatic heterocycles. The fourth-order valence-corrected chi connectivity index (χ4v) is 2.29. The van der Waals surface area contributed by atoms with E-state index in [1.165, 1.54) is 0 Å². The van der Waals surface area contributed by atoms with Crippen molar-refractivity contribution in [3.05, 3.63) is 66.5 Å². The van der Waals surface area contributed by atoms with Gasteiger partial charge in [-0.3, -0.25) is 0 Å². The van der Waals surface area contributed by atoms with Crippen molar-refractivity contribution in [3.8, 4) is 11.3 Å². The van der Waals surface area contributed by atoms with Crippen LogP contribution in [0.25, 0.3) is 11.3 Å². The molecule has 2 heterocycles. The third-order valence-electron chi connectivity index (χ3n) is 3.45. The molecule has 0 aliphatic carbocycles. The second-order valence-corrected chi connectivity index (χ2v) is 5.24. The molecule has 0 bridgehead atoms. The maximum Gasteiger partial charge on any atom is 0.192 e. The fourth-order valence-electron chi connectivity index (χ4n) is 2.29. The monoisotopic (exact) mass is 323 g/mol. The van der Waals surface area contributed by atoms with Crippen LogP contribution in [0, 0.1) is 0 Å². The van der Waals surface area contributed by atoms with Gasteiger partial charge in [-0.15, -0.1) is 0 Å². The predicted octanol–water partition coefficient (Wildman–Crippen LogP) is 2.93. The fraction of sp³-hybridized carbons (Fsp3) is 0.222. The molecule has 0 saturated heterocycles. The van der Waals surface area contributed by atoms with Gasteiger partial charge in [-0.2, -0.15) is 0 Å². The van der Waals surface area contributed by atoms with Gasteiger partial charge in [0.15, 0.2) is 5.96 Å². The molecule has 0 spiro atoms. The lowest BCUT2D eigenvalue weighted by Gasteiger charge is -2.09. The smallest absolute Gasteiger partial charge is 0.192 e. The molecule has 0 amide bonds. The maximum absolute atomic E-state index is 5.31. The zero-order valence-electron chi connectivity index (χ0n) is 13.6. The molecule has 1 aromatic carbocycles. The van der Waals surface area contributed by atoms with Gasteiger partial charge in [0.1, 0.15) is 18.1 Å². The van der Waals surface area contributed by atoms with Gasteiger partial charge in [-0.05, 0) is 24.6 Å². The Morgan fingerprint density at radius 1 is 1.17 bits per heavy atom. The first-order valence-electron chi connectivity index (χ1n) is 7.99. The molecule has 6 nitrogen and oxygen atoms in total. The normalized spacial score (nSPS) is 11.5. The predicted molar refractivity (Wildman–Crippen MR) is 94.4 cm³/mol. The standard InChI is InChI=1S/C18H21N5O/c1-2-19-18(21-11-15-9-6-10-24-15)22-13-17-20-12-16(23-17)14-7-4-3-5-8-14/h3-10,12H,2,11,13H2,1H3,(H,20,23)(H2,19,21,22). The van der Waals surface area contributed by atoms with Crippen molar-refractivity contribution in [1.29, 1.82) is 0 Å². The molecule has 0 radical (unpaired) electrons. The number of nitrogens with zero attached hydrogens (tertiary/aromatic N) is 2. The van der Waals surface area contributed by atoms with Crippen molar-refractivity contribution >= 4 is 5.96 Å². The number of imidazole rings is 1. The molecule has 0 fully saturated rings. The van der Waals surface area contributed by atoms with Crippen LogP contribution < -0.4 is 10.6 Å². The van der Waals surface area contributed by atoms with E-state index in [1.54, 1.807) is 6.26 Å². The van der Waals surface area contributed by atoms with Gasteiger partial charge >= 0.3 is 0 Å². The summed E-state index contributed by atoms with van der Waals surface area (Å²) in [5.41, 5.74) is 2.11. The van der Waals surface area contributed by atoms with Crippen LogP contribution in [0.15, 0.2) is 64.3 Å². The second kappa shape index (κ2) is 8.01. The molecule has 0 aliphatic rings. The number of aromatic nitrogens is 2. The minimum atomic E-state index is 0.473. The SMILES string of the molecule is CCNC(=NCc1ncc(-c2ccccc2)[nH]1)NCc1ccco1. The molecule has 3 aromatic rings. The number of nitrogens with one attached hydrogen (secondary N) is 3. The number of rotatable bonds is 6. The molecule has 0 unspecified atom stereocenters. The molecular formula is C18H21N5O. The van der Waals surface area contributed by atoms with Gasteiger partial charge in [-0.1, -0.05) is 30.3 Å². The maximum atomic E-state index is 5.31. The van der Waals surface area contributed by atoms with Crippen LogP contribution in [0.2, 0.25) is 0 Å². The molecule has 124 valence electrons. The van der Waals surface area contributed by atoms with Crippen molar-refractivity contribution in [2.45, 2.75) is 20.0 Å². The molecule has 3 N–H and O–H groups in total. The Bertz CT molecular complexity index is 762. The van der Waals surface area contributed by atoms with Gasteiger partial charge in [0.05, 0.1) is 24.7 Å². The van der Waals surface area contributed by atoms with E-state index in [9.17, 15) is 0 Å². The van der Waals surface area contributed by atoms with E-state index in [2.05, 4.69) is 37.7 Å². The third-order valence-corrected chi connectivity index (χ3v) is 3.45. The molecule has 2 aromatic heterocycles. The van der Waals surface area contributed by atoms with Crippen molar-refractivity contribution in [2.75, 3.05) is 6.54 Å². The number of hydrogen-bond acceptors (Lipinski definition) is 3. The summed E-state index contributed by atoms with van der Waals surface area (Å²) in [7, 11) is 0. The summed E-state index contributed by atoms with van der Waals surface area (Å²) in [4.78, 5) is 12.3. The van der Waals surface area contributed by atoms with E-state index in [0.29, 0.717) is 13.1 Å². The van der Waals surface area contributed by atoms with Crippen LogP contribution in [0.4, 0.5) is 0 Å². The highest BCUT2D eigenvalue weighted by molar-refractivity contribution is 5.79. The van der Waals surface area contributed by atoms with Crippen LogP contribution in [0.5, 0.6) is 0 Å². The number of guanidine groups is 1. The number of aliphatic imine (C=N–C) groups is 1. The first kappa shape index (κ1) is 15.9. The summed E-state index contributed by atoms with van der Waals surface area (Å²) in [6.07, 6.45) is 3.50. The quantitative estimate of drug-likeness (QED) is 0.481. The molecule has 3 rings (SSSR count). The van der Waals surface area contributed by atoms with E-state index in [0.717, 1.165) is 35.3 Å². The number of benzene rings is 1. The minimum Gasteiger partial charge on any atom is -0.467 e. The summed E-state index contributed by atoms with van der Waals surface area (Å²) in [6, 6.07) is 13.9. The van der Waals surface area contributed by atoms with Crippen LogP contribution in [-0.2, 0) is 13.1 Å². The average molecular weight is 323 g/mol. The highest BCUT2D eigenvalue weighted by atomic mass is 16.3. The lowest BCUT2D eigenvalue weighted by atomic mass is 10.2. The van der Waals surface area contributed by atoms with Gasteiger partial charge in [0.25, 0.3) is 0 Å². The molecule has 0 saturated carbocycles. The number of H-pyrrole nitrogens is 1. The van der Waals surface area contributed by atoms with Gasteiger partial charge in [0.2, 0.25) is 0 Å². The first-order valence-corrected chi connectivity index (χ1v) is 7.99. The molecule has 24 heavy (non-hydrogen) atoms. The number of hydrogen-bond donors (Lipinski definition) is 3. The highest BCUT2D eigenvalue weighted by Gasteiger charge is 2.04. The lowest BCUT2D eigenvalue weighted by Crippen LogP contribution is -2.36. The Morgan fingerprint density at radius 2 is 2.04 bits per heavy atom. The van der Waals surface area contributed by atoms with Crippen LogP contribution in [0.3, 0.4) is 0 Å². The zero-order chi connectivity index (χ0) is 16.6.